The molecule has 0 unspecified atom stereocenters. The Hall–Kier alpha value is -1.22. The summed E-state index contributed by atoms with van der Waals surface area (Å²) in [6.07, 6.45) is 1.79. The van der Waals surface area contributed by atoms with E-state index in [0.717, 1.165) is 16.4 Å². The highest BCUT2D eigenvalue weighted by molar-refractivity contribution is 7.15. The summed E-state index contributed by atoms with van der Waals surface area (Å²) >= 11 is 1.69. The summed E-state index contributed by atoms with van der Waals surface area (Å²) in [6, 6.07) is 5.88. The van der Waals surface area contributed by atoms with Gasteiger partial charge in [0.25, 0.3) is 0 Å². The number of pyridine rings is 1. The fourth-order valence-corrected chi connectivity index (χ4v) is 1.96. The van der Waals surface area contributed by atoms with Crippen LogP contribution >= 0.6 is 11.3 Å². The second-order valence-electron chi connectivity index (χ2n) is 2.88. The molecule has 0 atom stereocenters. The van der Waals surface area contributed by atoms with Crippen LogP contribution in [-0.4, -0.2) is 9.97 Å². The summed E-state index contributed by atoms with van der Waals surface area (Å²) in [5.41, 5.74) is 2.06. The largest absolute Gasteiger partial charge is 0.254 e. The molecule has 2 nitrogen and oxygen atoms in total. The summed E-state index contributed by atoms with van der Waals surface area (Å²) in [6.45, 7) is 8.11. The van der Waals surface area contributed by atoms with E-state index in [1.807, 2.05) is 39.0 Å². The first kappa shape index (κ1) is 11.9. The van der Waals surface area contributed by atoms with Gasteiger partial charge in [0.05, 0.1) is 11.4 Å². The van der Waals surface area contributed by atoms with E-state index >= 15 is 0 Å². The summed E-state index contributed by atoms with van der Waals surface area (Å²) in [5, 5.41) is 1.01. The van der Waals surface area contributed by atoms with Crippen molar-refractivity contribution in [2.45, 2.75) is 27.7 Å². The minimum Gasteiger partial charge on any atom is -0.254 e. The Balaban J connectivity index is 0.000000531. The lowest BCUT2D eigenvalue weighted by atomic mass is 10.3. The highest BCUT2D eigenvalue weighted by Gasteiger charge is 2.05. The molecule has 0 saturated carbocycles. The molecule has 15 heavy (non-hydrogen) atoms. The summed E-state index contributed by atoms with van der Waals surface area (Å²) in [4.78, 5) is 9.95. The molecule has 0 aliphatic rings. The Morgan fingerprint density at radius 1 is 1.13 bits per heavy atom. The first-order valence-corrected chi connectivity index (χ1v) is 5.94. The summed E-state index contributed by atoms with van der Waals surface area (Å²) < 4.78 is 0. The van der Waals surface area contributed by atoms with Crippen molar-refractivity contribution in [3.8, 4) is 10.7 Å². The van der Waals surface area contributed by atoms with Crippen LogP contribution in [0, 0.1) is 13.8 Å². The Morgan fingerprint density at radius 2 is 1.87 bits per heavy atom. The van der Waals surface area contributed by atoms with Gasteiger partial charge in [-0.3, -0.25) is 4.98 Å². The van der Waals surface area contributed by atoms with Gasteiger partial charge in [0.2, 0.25) is 0 Å². The van der Waals surface area contributed by atoms with E-state index < -0.39 is 0 Å². The summed E-state index contributed by atoms with van der Waals surface area (Å²) in [5.74, 6) is 0. The lowest BCUT2D eigenvalue weighted by Gasteiger charge is -1.91. The standard InChI is InChI=1S/C10H10N2S.C2H6/c1-7-8(2)13-10(12-7)9-5-3-4-6-11-9;1-2/h3-6H,1-2H3;1-2H3. The van der Waals surface area contributed by atoms with Gasteiger partial charge in [-0.05, 0) is 26.0 Å². The molecule has 0 aromatic carbocycles. The maximum Gasteiger partial charge on any atom is 0.142 e. The van der Waals surface area contributed by atoms with Crippen molar-refractivity contribution in [3.63, 3.8) is 0 Å². The number of aromatic nitrogens is 2. The maximum absolute atomic E-state index is 4.44. The zero-order valence-electron chi connectivity index (χ0n) is 9.61. The summed E-state index contributed by atoms with van der Waals surface area (Å²) in [7, 11) is 0. The molecule has 2 aromatic rings. The van der Waals surface area contributed by atoms with Crippen LogP contribution in [0.2, 0.25) is 0 Å². The predicted octanol–water partition coefficient (Wildman–Crippen LogP) is 3.85. The molecule has 2 rings (SSSR count). The van der Waals surface area contributed by atoms with Crippen molar-refractivity contribution in [2.24, 2.45) is 0 Å². The van der Waals surface area contributed by atoms with Gasteiger partial charge in [0.1, 0.15) is 5.01 Å². The number of thiazole rings is 1. The highest BCUT2D eigenvalue weighted by atomic mass is 32.1. The molecule has 0 aliphatic carbocycles. The van der Waals surface area contributed by atoms with Gasteiger partial charge in [-0.1, -0.05) is 19.9 Å². The molecular weight excluding hydrogens is 204 g/mol. The van der Waals surface area contributed by atoms with E-state index in [4.69, 9.17) is 0 Å². The Morgan fingerprint density at radius 3 is 2.33 bits per heavy atom. The van der Waals surface area contributed by atoms with E-state index in [9.17, 15) is 0 Å². The van der Waals surface area contributed by atoms with Gasteiger partial charge in [0.15, 0.2) is 0 Å². The highest BCUT2D eigenvalue weighted by Crippen LogP contribution is 2.24. The number of aryl methyl sites for hydroxylation is 2. The van der Waals surface area contributed by atoms with E-state index in [2.05, 4.69) is 16.9 Å². The molecule has 0 bridgehead atoms. The monoisotopic (exact) mass is 220 g/mol. The fraction of sp³-hybridized carbons (Fsp3) is 0.333. The molecule has 80 valence electrons. The van der Waals surface area contributed by atoms with Crippen LogP contribution < -0.4 is 0 Å². The molecule has 0 fully saturated rings. The molecular formula is C12H16N2S. The van der Waals surface area contributed by atoms with Gasteiger partial charge in [-0.2, -0.15) is 0 Å². The zero-order chi connectivity index (χ0) is 11.3. The average molecular weight is 220 g/mol. The predicted molar refractivity (Wildman–Crippen MR) is 66.2 cm³/mol. The molecule has 3 heteroatoms. The van der Waals surface area contributed by atoms with Crippen LogP contribution in [0.15, 0.2) is 24.4 Å². The normalized spacial score (nSPS) is 9.33. The van der Waals surface area contributed by atoms with Crippen LogP contribution in [0.1, 0.15) is 24.4 Å². The third-order valence-electron chi connectivity index (χ3n) is 1.91. The Labute approximate surface area is 95.0 Å². The number of rotatable bonds is 1. The van der Waals surface area contributed by atoms with Gasteiger partial charge < -0.3 is 0 Å². The van der Waals surface area contributed by atoms with Crippen LogP contribution in [0.25, 0.3) is 10.7 Å². The molecule has 0 saturated heterocycles. The third kappa shape index (κ3) is 2.86. The van der Waals surface area contributed by atoms with Gasteiger partial charge in [-0.25, -0.2) is 4.98 Å². The second kappa shape index (κ2) is 5.61. The van der Waals surface area contributed by atoms with Crippen LogP contribution in [0.5, 0.6) is 0 Å². The smallest absolute Gasteiger partial charge is 0.142 e. The van der Waals surface area contributed by atoms with Gasteiger partial charge >= 0.3 is 0 Å². The minimum absolute atomic E-state index is 0.962. The lowest BCUT2D eigenvalue weighted by molar-refractivity contribution is 1.21. The lowest BCUT2D eigenvalue weighted by Crippen LogP contribution is -1.80. The zero-order valence-corrected chi connectivity index (χ0v) is 10.4. The topological polar surface area (TPSA) is 25.8 Å². The molecule has 0 N–H and O–H groups in total. The first-order valence-electron chi connectivity index (χ1n) is 5.13. The van der Waals surface area contributed by atoms with Gasteiger partial charge in [0, 0.05) is 11.1 Å². The quantitative estimate of drug-likeness (QED) is 0.729. The van der Waals surface area contributed by atoms with E-state index in [0.29, 0.717) is 0 Å². The van der Waals surface area contributed by atoms with E-state index in [1.165, 1.54) is 4.88 Å². The van der Waals surface area contributed by atoms with Crippen molar-refractivity contribution in [1.29, 1.82) is 0 Å². The van der Waals surface area contributed by atoms with Crippen LogP contribution in [0.4, 0.5) is 0 Å². The molecule has 0 aliphatic heterocycles. The van der Waals surface area contributed by atoms with E-state index in [1.54, 1.807) is 17.5 Å². The van der Waals surface area contributed by atoms with Crippen LogP contribution in [0.3, 0.4) is 0 Å². The Kier molecular flexibility index (Phi) is 4.43. The SMILES string of the molecule is CC.Cc1nc(-c2ccccn2)sc1C. The number of hydrogen-bond acceptors (Lipinski definition) is 3. The van der Waals surface area contributed by atoms with Crippen molar-refractivity contribution < 1.29 is 0 Å². The molecule has 2 aromatic heterocycles. The number of hydrogen-bond donors (Lipinski definition) is 0. The average Bonchev–Trinajstić information content (AvgIpc) is 2.63. The fourth-order valence-electron chi connectivity index (χ4n) is 1.07. The molecule has 2 heterocycles. The minimum atomic E-state index is 0.962. The van der Waals surface area contributed by atoms with Crippen molar-refractivity contribution in [3.05, 3.63) is 35.0 Å². The number of nitrogens with zero attached hydrogens (tertiary/aromatic N) is 2. The van der Waals surface area contributed by atoms with Crippen molar-refractivity contribution in [1.82, 2.24) is 9.97 Å². The first-order chi connectivity index (χ1) is 7.27. The van der Waals surface area contributed by atoms with Crippen molar-refractivity contribution >= 4 is 11.3 Å². The Bertz CT molecular complexity index is 387. The van der Waals surface area contributed by atoms with Crippen molar-refractivity contribution in [2.75, 3.05) is 0 Å². The third-order valence-corrected chi connectivity index (χ3v) is 3.01. The maximum atomic E-state index is 4.44. The molecule has 0 spiro atoms. The van der Waals surface area contributed by atoms with Gasteiger partial charge in [-0.15, -0.1) is 11.3 Å². The molecule has 0 amide bonds. The van der Waals surface area contributed by atoms with Crippen LogP contribution in [-0.2, 0) is 0 Å². The molecule has 0 radical (unpaired) electrons. The second-order valence-corrected chi connectivity index (χ2v) is 4.08. The van der Waals surface area contributed by atoms with E-state index in [-0.39, 0.29) is 0 Å².